The zero-order valence-corrected chi connectivity index (χ0v) is 11.7. The Kier molecular flexibility index (Phi) is 4.35. The highest BCUT2D eigenvalue weighted by Gasteiger charge is 2.23. The van der Waals surface area contributed by atoms with E-state index in [-0.39, 0.29) is 5.56 Å². The molecule has 1 nitrogen and oxygen atoms in total. The van der Waals surface area contributed by atoms with E-state index in [1.54, 1.807) is 19.2 Å². The van der Waals surface area contributed by atoms with Gasteiger partial charge in [-0.25, -0.2) is 13.2 Å². The molecule has 5 heteroatoms. The first-order valence-corrected chi connectivity index (χ1v) is 6.40. The normalized spacial score (nSPS) is 12.5. The van der Waals surface area contributed by atoms with Crippen LogP contribution in [0.1, 0.15) is 22.7 Å². The fraction of sp³-hybridized carbons (Fsp3) is 0.200. The Hall–Kier alpha value is -1.52. The molecule has 0 fully saturated rings. The molecular formula is C15H13ClF3N. The highest BCUT2D eigenvalue weighted by molar-refractivity contribution is 6.32. The van der Waals surface area contributed by atoms with Crippen molar-refractivity contribution < 1.29 is 13.2 Å². The van der Waals surface area contributed by atoms with Crippen LogP contribution in [0.5, 0.6) is 0 Å². The first-order valence-electron chi connectivity index (χ1n) is 6.03. The van der Waals surface area contributed by atoms with Crippen molar-refractivity contribution in [3.63, 3.8) is 0 Å². The van der Waals surface area contributed by atoms with Gasteiger partial charge >= 0.3 is 0 Å². The van der Waals surface area contributed by atoms with Crippen molar-refractivity contribution in [2.24, 2.45) is 0 Å². The van der Waals surface area contributed by atoms with Gasteiger partial charge in [0.05, 0.1) is 6.04 Å². The van der Waals surface area contributed by atoms with Gasteiger partial charge in [-0.2, -0.15) is 0 Å². The molecule has 0 aliphatic heterocycles. The highest BCUT2D eigenvalue weighted by atomic mass is 35.5. The van der Waals surface area contributed by atoms with E-state index < -0.39 is 23.5 Å². The molecule has 1 atom stereocenters. The van der Waals surface area contributed by atoms with Crippen LogP contribution in [0.3, 0.4) is 0 Å². The van der Waals surface area contributed by atoms with Gasteiger partial charge < -0.3 is 5.32 Å². The van der Waals surface area contributed by atoms with E-state index in [1.165, 1.54) is 6.07 Å². The highest BCUT2D eigenvalue weighted by Crippen LogP contribution is 2.32. The molecule has 0 bridgehead atoms. The van der Waals surface area contributed by atoms with Crippen molar-refractivity contribution in [3.05, 3.63) is 69.5 Å². The zero-order valence-electron chi connectivity index (χ0n) is 11.0. The van der Waals surface area contributed by atoms with Crippen LogP contribution in [-0.2, 0) is 0 Å². The molecular weight excluding hydrogens is 287 g/mol. The van der Waals surface area contributed by atoms with Gasteiger partial charge in [0.2, 0.25) is 0 Å². The molecule has 0 heterocycles. The van der Waals surface area contributed by atoms with Crippen molar-refractivity contribution in [2.45, 2.75) is 13.0 Å². The molecule has 20 heavy (non-hydrogen) atoms. The van der Waals surface area contributed by atoms with E-state index in [9.17, 15) is 13.2 Å². The van der Waals surface area contributed by atoms with Crippen molar-refractivity contribution >= 4 is 11.6 Å². The summed E-state index contributed by atoms with van der Waals surface area (Å²) in [6, 6.07) is 6.78. The van der Waals surface area contributed by atoms with Crippen LogP contribution < -0.4 is 5.32 Å². The summed E-state index contributed by atoms with van der Waals surface area (Å²) in [4.78, 5) is 0. The van der Waals surface area contributed by atoms with E-state index in [4.69, 9.17) is 11.6 Å². The third-order valence-electron chi connectivity index (χ3n) is 3.20. The van der Waals surface area contributed by atoms with Crippen LogP contribution in [-0.4, -0.2) is 7.05 Å². The number of benzene rings is 2. The summed E-state index contributed by atoms with van der Waals surface area (Å²) in [6.45, 7) is 1.82. The number of hydrogen-bond acceptors (Lipinski definition) is 1. The molecule has 0 aliphatic carbocycles. The number of halogens is 4. The predicted octanol–water partition coefficient (Wildman–Crippen LogP) is 4.37. The van der Waals surface area contributed by atoms with Crippen LogP contribution in [0.2, 0.25) is 5.02 Å². The van der Waals surface area contributed by atoms with E-state index in [2.05, 4.69) is 5.32 Å². The van der Waals surface area contributed by atoms with Gasteiger partial charge in [0.1, 0.15) is 0 Å². The predicted molar refractivity (Wildman–Crippen MR) is 73.4 cm³/mol. The topological polar surface area (TPSA) is 12.0 Å². The average Bonchev–Trinajstić information content (AvgIpc) is 2.44. The van der Waals surface area contributed by atoms with E-state index in [0.717, 1.165) is 11.6 Å². The van der Waals surface area contributed by atoms with E-state index in [0.29, 0.717) is 10.6 Å². The summed E-state index contributed by atoms with van der Waals surface area (Å²) in [5.74, 6) is -3.90. The quantitative estimate of drug-likeness (QED) is 0.830. The molecule has 2 aromatic carbocycles. The van der Waals surface area contributed by atoms with Crippen molar-refractivity contribution in [1.82, 2.24) is 5.32 Å². The van der Waals surface area contributed by atoms with Gasteiger partial charge in [-0.3, -0.25) is 0 Å². The monoisotopic (exact) mass is 299 g/mol. The fourth-order valence-electron chi connectivity index (χ4n) is 2.14. The van der Waals surface area contributed by atoms with Crippen LogP contribution >= 0.6 is 11.6 Å². The number of aryl methyl sites for hydroxylation is 1. The third kappa shape index (κ3) is 2.53. The molecule has 1 N–H and O–H groups in total. The molecule has 2 rings (SSSR count). The Morgan fingerprint density at radius 1 is 1.00 bits per heavy atom. The van der Waals surface area contributed by atoms with Crippen LogP contribution in [0.15, 0.2) is 30.3 Å². The molecule has 0 aliphatic rings. The van der Waals surface area contributed by atoms with Crippen LogP contribution in [0.25, 0.3) is 0 Å². The Labute approximate surface area is 120 Å². The smallest absolute Gasteiger partial charge is 0.194 e. The maximum Gasteiger partial charge on any atom is 0.194 e. The maximum atomic E-state index is 13.9. The molecule has 106 valence electrons. The van der Waals surface area contributed by atoms with E-state index >= 15 is 0 Å². The molecule has 0 saturated heterocycles. The molecule has 0 amide bonds. The van der Waals surface area contributed by atoms with E-state index in [1.807, 2.05) is 13.0 Å². The fourth-order valence-corrected chi connectivity index (χ4v) is 2.37. The second-order valence-corrected chi connectivity index (χ2v) is 4.84. The summed E-state index contributed by atoms with van der Waals surface area (Å²) >= 11 is 6.21. The number of hydrogen-bond donors (Lipinski definition) is 1. The van der Waals surface area contributed by atoms with Gasteiger partial charge in [-0.05, 0) is 31.2 Å². The van der Waals surface area contributed by atoms with Gasteiger partial charge in [-0.1, -0.05) is 35.9 Å². The largest absolute Gasteiger partial charge is 0.309 e. The Morgan fingerprint density at radius 3 is 2.35 bits per heavy atom. The first-order chi connectivity index (χ1) is 9.47. The van der Waals surface area contributed by atoms with Crippen molar-refractivity contribution in [1.29, 1.82) is 0 Å². The first kappa shape index (κ1) is 14.9. The van der Waals surface area contributed by atoms with Crippen LogP contribution in [0.4, 0.5) is 13.2 Å². The summed E-state index contributed by atoms with van der Waals surface area (Å²) in [5, 5.41) is 3.35. The molecule has 1 unspecified atom stereocenters. The summed E-state index contributed by atoms with van der Waals surface area (Å²) < 4.78 is 40.3. The molecule has 0 spiro atoms. The minimum atomic E-state index is -1.48. The molecule has 0 saturated carbocycles. The van der Waals surface area contributed by atoms with Gasteiger partial charge in [0, 0.05) is 10.6 Å². The lowest BCUT2D eigenvalue weighted by atomic mass is 9.96. The second-order valence-electron chi connectivity index (χ2n) is 4.46. The summed E-state index contributed by atoms with van der Waals surface area (Å²) in [7, 11) is 1.60. The zero-order chi connectivity index (χ0) is 14.9. The summed E-state index contributed by atoms with van der Waals surface area (Å²) in [6.07, 6.45) is 0. The SMILES string of the molecule is CNC(c1ccc(F)c(F)c1F)c1cccc(C)c1Cl. The lowest BCUT2D eigenvalue weighted by molar-refractivity contribution is 0.435. The lowest BCUT2D eigenvalue weighted by Crippen LogP contribution is -2.20. The third-order valence-corrected chi connectivity index (χ3v) is 3.71. The standard InChI is InChI=1S/C15H13ClF3N/c1-8-4-3-5-9(12(8)16)15(20-2)10-6-7-11(17)14(19)13(10)18/h3-7,15,20H,1-2H3. The Bertz CT molecular complexity index is 643. The Morgan fingerprint density at radius 2 is 1.70 bits per heavy atom. The molecule has 0 aromatic heterocycles. The number of nitrogens with one attached hydrogen (secondary N) is 1. The maximum absolute atomic E-state index is 13.9. The number of rotatable bonds is 3. The van der Waals surface area contributed by atoms with Gasteiger partial charge in [0.25, 0.3) is 0 Å². The average molecular weight is 300 g/mol. The van der Waals surface area contributed by atoms with Crippen molar-refractivity contribution in [2.75, 3.05) is 7.05 Å². The Balaban J connectivity index is 2.59. The molecule has 0 radical (unpaired) electrons. The van der Waals surface area contributed by atoms with Gasteiger partial charge in [-0.15, -0.1) is 0 Å². The lowest BCUT2D eigenvalue weighted by Gasteiger charge is -2.20. The van der Waals surface area contributed by atoms with Crippen molar-refractivity contribution in [3.8, 4) is 0 Å². The van der Waals surface area contributed by atoms with Gasteiger partial charge in [0.15, 0.2) is 17.5 Å². The summed E-state index contributed by atoms with van der Waals surface area (Å²) in [5.41, 5.74) is 1.45. The second kappa shape index (κ2) is 5.85. The van der Waals surface area contributed by atoms with Crippen LogP contribution in [0, 0.1) is 24.4 Å². The minimum Gasteiger partial charge on any atom is -0.309 e. The molecule has 2 aromatic rings. The minimum absolute atomic E-state index is 0.0129.